The first-order valence-electron chi connectivity index (χ1n) is 4.27. The Morgan fingerprint density at radius 2 is 2.12 bits per heavy atom. The molecule has 8 heteroatoms. The molecule has 0 aliphatic carbocycles. The zero-order chi connectivity index (χ0) is 12.6. The van der Waals surface area contributed by atoms with Crippen LogP contribution in [0, 0.1) is 0 Å². The molecule has 2 heterocycles. The molecule has 0 bridgehead atoms. The fraction of sp³-hybridized carbons (Fsp3) is 0.111. The number of oxazole rings is 1. The van der Waals surface area contributed by atoms with Gasteiger partial charge in [0.25, 0.3) is 12.3 Å². The lowest BCUT2D eigenvalue weighted by Crippen LogP contribution is -1.99. The largest absolute Gasteiger partial charge is 0.475 e. The average molecular weight is 264 g/mol. The minimum Gasteiger partial charge on any atom is -0.475 e. The van der Waals surface area contributed by atoms with Gasteiger partial charge in [-0.15, -0.1) is 0 Å². The summed E-state index contributed by atoms with van der Waals surface area (Å²) in [5.41, 5.74) is -0.944. The van der Waals surface area contributed by atoms with E-state index in [0.29, 0.717) is 0 Å². The lowest BCUT2D eigenvalue weighted by Gasteiger charge is -1.91. The number of carbonyl (C=O) groups is 1. The summed E-state index contributed by atoms with van der Waals surface area (Å²) in [5.74, 6) is -2.92. The van der Waals surface area contributed by atoms with E-state index in [2.05, 4.69) is 4.98 Å². The molecule has 0 radical (unpaired) electrons. The number of aromatic nitrogens is 1. The van der Waals surface area contributed by atoms with E-state index in [4.69, 9.17) is 25.5 Å². The van der Waals surface area contributed by atoms with Crippen molar-refractivity contribution in [3.05, 3.63) is 28.8 Å². The molecule has 0 aromatic carbocycles. The van der Waals surface area contributed by atoms with Gasteiger partial charge in [-0.05, 0) is 23.7 Å². The number of furan rings is 1. The zero-order valence-electron chi connectivity index (χ0n) is 7.99. The lowest BCUT2D eigenvalue weighted by atomic mass is 10.3. The highest BCUT2D eigenvalue weighted by atomic mass is 35.5. The second-order valence-electron chi connectivity index (χ2n) is 2.94. The highest BCUT2D eigenvalue weighted by molar-refractivity contribution is 6.28. The van der Waals surface area contributed by atoms with Crippen molar-refractivity contribution in [2.75, 3.05) is 0 Å². The molecule has 2 rings (SSSR count). The molecule has 0 aliphatic rings. The van der Waals surface area contributed by atoms with Crippen LogP contribution in [0.15, 0.2) is 21.0 Å². The van der Waals surface area contributed by atoms with E-state index in [9.17, 15) is 13.6 Å². The summed E-state index contributed by atoms with van der Waals surface area (Å²) in [4.78, 5) is 14.0. The van der Waals surface area contributed by atoms with Crippen molar-refractivity contribution in [3.63, 3.8) is 0 Å². The smallest absolute Gasteiger partial charge is 0.374 e. The topological polar surface area (TPSA) is 76.5 Å². The van der Waals surface area contributed by atoms with Crippen LogP contribution in [0.4, 0.5) is 8.78 Å². The molecule has 5 nitrogen and oxygen atoms in total. The van der Waals surface area contributed by atoms with Crippen LogP contribution >= 0.6 is 11.6 Å². The van der Waals surface area contributed by atoms with E-state index in [1.165, 1.54) is 12.1 Å². The van der Waals surface area contributed by atoms with Crippen LogP contribution in [0.1, 0.15) is 22.7 Å². The van der Waals surface area contributed by atoms with E-state index in [-0.39, 0.29) is 16.9 Å². The van der Waals surface area contributed by atoms with Crippen LogP contribution in [0.3, 0.4) is 0 Å². The van der Waals surface area contributed by atoms with Gasteiger partial charge >= 0.3 is 5.97 Å². The number of aromatic carboxylic acids is 1. The van der Waals surface area contributed by atoms with Crippen molar-refractivity contribution in [1.29, 1.82) is 0 Å². The average Bonchev–Trinajstić information content (AvgIpc) is 2.82. The normalized spacial score (nSPS) is 11.1. The molecule has 0 unspecified atom stereocenters. The van der Waals surface area contributed by atoms with Crippen molar-refractivity contribution in [2.45, 2.75) is 6.43 Å². The third-order valence-corrected chi connectivity index (χ3v) is 2.04. The summed E-state index contributed by atoms with van der Waals surface area (Å²) < 4.78 is 34.5. The molecule has 0 amide bonds. The predicted molar refractivity (Wildman–Crippen MR) is 51.1 cm³/mol. The van der Waals surface area contributed by atoms with Gasteiger partial charge in [0.15, 0.2) is 16.7 Å². The molecule has 0 saturated heterocycles. The molecular formula is C9H4ClF2NO4. The molecule has 90 valence electrons. The Hall–Kier alpha value is -1.89. The highest BCUT2D eigenvalue weighted by Crippen LogP contribution is 2.30. The summed E-state index contributed by atoms with van der Waals surface area (Å²) in [5, 5.41) is 8.66. The number of carboxylic acids is 1. The van der Waals surface area contributed by atoms with E-state index in [0.717, 1.165) is 0 Å². The van der Waals surface area contributed by atoms with Crippen molar-refractivity contribution in [3.8, 4) is 11.7 Å². The Labute approximate surface area is 97.6 Å². The molecule has 0 aliphatic heterocycles. The van der Waals surface area contributed by atoms with Crippen molar-refractivity contribution < 1.29 is 27.5 Å². The van der Waals surface area contributed by atoms with Gasteiger partial charge in [-0.1, -0.05) is 0 Å². The van der Waals surface area contributed by atoms with Crippen molar-refractivity contribution in [2.24, 2.45) is 0 Å². The zero-order valence-corrected chi connectivity index (χ0v) is 8.74. The van der Waals surface area contributed by atoms with Gasteiger partial charge in [-0.3, -0.25) is 0 Å². The second kappa shape index (κ2) is 4.17. The molecule has 0 spiro atoms. The Morgan fingerprint density at radius 3 is 2.53 bits per heavy atom. The number of carboxylic acid groups (broad SMARTS) is 1. The van der Waals surface area contributed by atoms with Gasteiger partial charge < -0.3 is 13.9 Å². The maximum Gasteiger partial charge on any atom is 0.374 e. The van der Waals surface area contributed by atoms with Gasteiger partial charge in [-0.25, -0.2) is 18.6 Å². The summed E-state index contributed by atoms with van der Waals surface area (Å²) in [6, 6.07) is 2.68. The van der Waals surface area contributed by atoms with Gasteiger partial charge in [0.2, 0.25) is 5.76 Å². The van der Waals surface area contributed by atoms with Crippen molar-refractivity contribution >= 4 is 17.6 Å². The SMILES string of the molecule is O=C(O)c1oc(-c2ccc(Cl)o2)nc1C(F)F. The molecule has 1 N–H and O–H groups in total. The maximum absolute atomic E-state index is 12.5. The Morgan fingerprint density at radius 1 is 1.41 bits per heavy atom. The van der Waals surface area contributed by atoms with E-state index in [1.54, 1.807) is 0 Å². The van der Waals surface area contributed by atoms with Crippen LogP contribution in [0.25, 0.3) is 11.7 Å². The molecule has 0 saturated carbocycles. The number of halogens is 3. The fourth-order valence-electron chi connectivity index (χ4n) is 1.17. The lowest BCUT2D eigenvalue weighted by molar-refractivity contribution is 0.0646. The monoisotopic (exact) mass is 263 g/mol. The molecule has 0 fully saturated rings. The number of alkyl halides is 2. The van der Waals surface area contributed by atoms with E-state index in [1.807, 2.05) is 0 Å². The van der Waals surface area contributed by atoms with Gasteiger partial charge in [0.05, 0.1) is 0 Å². The first-order valence-corrected chi connectivity index (χ1v) is 4.64. The molecule has 2 aromatic rings. The summed E-state index contributed by atoms with van der Waals surface area (Å²) >= 11 is 5.48. The third-order valence-electron chi connectivity index (χ3n) is 1.84. The highest BCUT2D eigenvalue weighted by Gasteiger charge is 2.27. The predicted octanol–water partition coefficient (Wildman–Crippen LogP) is 3.22. The Balaban J connectivity index is 2.50. The molecule has 2 aromatic heterocycles. The van der Waals surface area contributed by atoms with E-state index < -0.39 is 23.8 Å². The molecule has 0 atom stereocenters. The number of hydrogen-bond acceptors (Lipinski definition) is 4. The van der Waals surface area contributed by atoms with Crippen LogP contribution in [0.5, 0.6) is 0 Å². The summed E-state index contributed by atoms with van der Waals surface area (Å²) in [7, 11) is 0. The van der Waals surface area contributed by atoms with Crippen molar-refractivity contribution in [1.82, 2.24) is 4.98 Å². The Bertz CT molecular complexity index is 563. The summed E-state index contributed by atoms with van der Waals surface area (Å²) in [6.45, 7) is 0. The second-order valence-corrected chi connectivity index (χ2v) is 3.32. The van der Waals surface area contributed by atoms with Crippen LogP contribution in [-0.4, -0.2) is 16.1 Å². The molecular weight excluding hydrogens is 260 g/mol. The fourth-order valence-corrected chi connectivity index (χ4v) is 1.31. The van der Waals surface area contributed by atoms with Crippen LogP contribution < -0.4 is 0 Å². The minimum absolute atomic E-state index is 0.00803. The summed E-state index contributed by atoms with van der Waals surface area (Å²) in [6.07, 6.45) is -3.05. The van der Waals surface area contributed by atoms with Crippen LogP contribution in [0.2, 0.25) is 5.22 Å². The quantitative estimate of drug-likeness (QED) is 0.920. The first kappa shape index (κ1) is 11.6. The standard InChI is InChI=1S/C9H4ClF2NO4/c10-4-2-1-3(16-4)8-13-5(7(11)12)6(17-8)9(14)15/h1-2,7H,(H,14,15). The number of nitrogens with zero attached hydrogens (tertiary/aromatic N) is 1. The Kier molecular flexibility index (Phi) is 2.84. The van der Waals surface area contributed by atoms with Crippen LogP contribution in [-0.2, 0) is 0 Å². The third kappa shape index (κ3) is 2.14. The minimum atomic E-state index is -3.05. The van der Waals surface area contributed by atoms with Gasteiger partial charge in [0, 0.05) is 0 Å². The molecule has 17 heavy (non-hydrogen) atoms. The maximum atomic E-state index is 12.5. The van der Waals surface area contributed by atoms with Gasteiger partial charge in [0.1, 0.15) is 0 Å². The van der Waals surface area contributed by atoms with Gasteiger partial charge in [-0.2, -0.15) is 0 Å². The number of rotatable bonds is 3. The van der Waals surface area contributed by atoms with E-state index >= 15 is 0 Å². The first-order chi connectivity index (χ1) is 7.99. The number of hydrogen-bond donors (Lipinski definition) is 1.